The van der Waals surface area contributed by atoms with Crippen LogP contribution in [0.2, 0.25) is 0 Å². The zero-order valence-electron chi connectivity index (χ0n) is 6.01. The molecule has 0 aromatic carbocycles. The van der Waals surface area contributed by atoms with Gasteiger partial charge in [-0.2, -0.15) is 0 Å². The highest BCUT2D eigenvalue weighted by atomic mass is 16.3. The van der Waals surface area contributed by atoms with E-state index in [9.17, 15) is 0 Å². The predicted octanol–water partition coefficient (Wildman–Crippen LogP) is -1.08. The van der Waals surface area contributed by atoms with Gasteiger partial charge in [-0.3, -0.25) is 0 Å². The summed E-state index contributed by atoms with van der Waals surface area (Å²) in [5.41, 5.74) is 5.29. The molecule has 0 saturated carbocycles. The SMILES string of the molecule is C#CCCNC(CN)CO. The van der Waals surface area contributed by atoms with Crippen molar-refractivity contribution in [2.24, 2.45) is 5.73 Å². The quantitative estimate of drug-likeness (QED) is 0.338. The lowest BCUT2D eigenvalue weighted by atomic mass is 10.3. The van der Waals surface area contributed by atoms with Crippen LogP contribution in [0.15, 0.2) is 0 Å². The zero-order valence-corrected chi connectivity index (χ0v) is 6.01. The van der Waals surface area contributed by atoms with Gasteiger partial charge in [-0.05, 0) is 0 Å². The van der Waals surface area contributed by atoms with Crippen LogP contribution in [-0.4, -0.2) is 30.8 Å². The number of aliphatic hydroxyl groups is 1. The van der Waals surface area contributed by atoms with E-state index in [1.165, 1.54) is 0 Å². The second-order valence-corrected chi connectivity index (χ2v) is 2.02. The molecule has 0 amide bonds. The lowest BCUT2D eigenvalue weighted by Crippen LogP contribution is -2.39. The molecule has 0 aliphatic rings. The third kappa shape index (κ3) is 4.33. The van der Waals surface area contributed by atoms with E-state index in [4.69, 9.17) is 17.3 Å². The van der Waals surface area contributed by atoms with E-state index in [-0.39, 0.29) is 12.6 Å². The number of nitrogens with one attached hydrogen (secondary N) is 1. The second-order valence-electron chi connectivity index (χ2n) is 2.02. The minimum atomic E-state index is -0.00616. The Kier molecular flexibility index (Phi) is 6.19. The standard InChI is InChI=1S/C7H14N2O/c1-2-3-4-9-7(5-8)6-10/h1,7,9-10H,3-6,8H2. The van der Waals surface area contributed by atoms with Crippen molar-refractivity contribution in [2.45, 2.75) is 12.5 Å². The molecule has 3 nitrogen and oxygen atoms in total. The van der Waals surface area contributed by atoms with Crippen LogP contribution < -0.4 is 11.1 Å². The Morgan fingerprint density at radius 2 is 2.40 bits per heavy atom. The third-order valence-electron chi connectivity index (χ3n) is 1.21. The summed E-state index contributed by atoms with van der Waals surface area (Å²) in [7, 11) is 0. The van der Waals surface area contributed by atoms with Gasteiger partial charge in [0, 0.05) is 25.6 Å². The minimum Gasteiger partial charge on any atom is -0.395 e. The van der Waals surface area contributed by atoms with Gasteiger partial charge in [-0.25, -0.2) is 0 Å². The van der Waals surface area contributed by atoms with Crippen molar-refractivity contribution >= 4 is 0 Å². The molecular formula is C7H14N2O. The molecule has 0 heterocycles. The van der Waals surface area contributed by atoms with E-state index in [1.807, 2.05) is 0 Å². The first kappa shape index (κ1) is 9.44. The first-order valence-electron chi connectivity index (χ1n) is 3.33. The van der Waals surface area contributed by atoms with Crippen molar-refractivity contribution in [2.75, 3.05) is 19.7 Å². The van der Waals surface area contributed by atoms with Gasteiger partial charge in [-0.1, -0.05) is 0 Å². The van der Waals surface area contributed by atoms with Gasteiger partial charge >= 0.3 is 0 Å². The second kappa shape index (κ2) is 6.56. The summed E-state index contributed by atoms with van der Waals surface area (Å²) in [5.74, 6) is 2.49. The summed E-state index contributed by atoms with van der Waals surface area (Å²) in [4.78, 5) is 0. The maximum absolute atomic E-state index is 8.63. The van der Waals surface area contributed by atoms with E-state index in [2.05, 4.69) is 11.2 Å². The van der Waals surface area contributed by atoms with Crippen molar-refractivity contribution in [3.63, 3.8) is 0 Å². The number of rotatable bonds is 5. The molecule has 0 spiro atoms. The Balaban J connectivity index is 3.19. The van der Waals surface area contributed by atoms with Gasteiger partial charge in [0.15, 0.2) is 0 Å². The van der Waals surface area contributed by atoms with Crippen LogP contribution in [0.5, 0.6) is 0 Å². The highest BCUT2D eigenvalue weighted by Gasteiger charge is 2.00. The van der Waals surface area contributed by atoms with Crippen LogP contribution in [0.3, 0.4) is 0 Å². The molecule has 0 fully saturated rings. The van der Waals surface area contributed by atoms with Crippen LogP contribution >= 0.6 is 0 Å². The largest absolute Gasteiger partial charge is 0.395 e. The van der Waals surface area contributed by atoms with Crippen molar-refractivity contribution < 1.29 is 5.11 Å². The molecule has 0 radical (unpaired) electrons. The third-order valence-corrected chi connectivity index (χ3v) is 1.21. The first-order valence-corrected chi connectivity index (χ1v) is 3.33. The summed E-state index contributed by atoms with van der Waals surface area (Å²) in [5, 5.41) is 11.6. The number of aliphatic hydroxyl groups excluding tert-OH is 1. The Morgan fingerprint density at radius 3 is 2.80 bits per heavy atom. The number of nitrogens with two attached hydrogens (primary N) is 1. The van der Waals surface area contributed by atoms with Gasteiger partial charge in [-0.15, -0.1) is 12.3 Å². The van der Waals surface area contributed by atoms with Crippen LogP contribution in [0.1, 0.15) is 6.42 Å². The van der Waals surface area contributed by atoms with Crippen molar-refractivity contribution in [1.29, 1.82) is 0 Å². The lowest BCUT2D eigenvalue weighted by molar-refractivity contribution is 0.246. The molecule has 4 N–H and O–H groups in total. The number of hydrogen-bond donors (Lipinski definition) is 3. The molecule has 1 unspecified atom stereocenters. The normalized spacial score (nSPS) is 12.5. The Bertz CT molecular complexity index is 105. The van der Waals surface area contributed by atoms with Crippen LogP contribution in [0.4, 0.5) is 0 Å². The summed E-state index contributed by atoms with van der Waals surface area (Å²) >= 11 is 0. The van der Waals surface area contributed by atoms with E-state index < -0.39 is 0 Å². The molecule has 0 rings (SSSR count). The summed E-state index contributed by atoms with van der Waals surface area (Å²) in [6, 6.07) is -0.00616. The molecule has 1 atom stereocenters. The molecule has 0 bridgehead atoms. The van der Waals surface area contributed by atoms with Gasteiger partial charge in [0.2, 0.25) is 0 Å². The minimum absolute atomic E-state index is 0.00616. The van der Waals surface area contributed by atoms with E-state index >= 15 is 0 Å². The maximum atomic E-state index is 8.63. The van der Waals surface area contributed by atoms with Crippen LogP contribution in [-0.2, 0) is 0 Å². The molecule has 0 aromatic heterocycles. The average Bonchev–Trinajstić information content (AvgIpc) is 1.99. The molecule has 3 heteroatoms. The van der Waals surface area contributed by atoms with Gasteiger partial charge in [0.25, 0.3) is 0 Å². The van der Waals surface area contributed by atoms with Crippen molar-refractivity contribution in [1.82, 2.24) is 5.32 Å². The highest BCUT2D eigenvalue weighted by molar-refractivity contribution is 4.84. The van der Waals surface area contributed by atoms with Crippen molar-refractivity contribution in [3.05, 3.63) is 0 Å². The highest BCUT2D eigenvalue weighted by Crippen LogP contribution is 1.78. The van der Waals surface area contributed by atoms with E-state index in [0.717, 1.165) is 6.54 Å². The fourth-order valence-electron chi connectivity index (χ4n) is 0.571. The van der Waals surface area contributed by atoms with Gasteiger partial charge in [0.1, 0.15) is 0 Å². The molecule has 58 valence electrons. The molecule has 0 aliphatic heterocycles. The predicted molar refractivity (Wildman–Crippen MR) is 41.4 cm³/mol. The molecule has 0 saturated heterocycles. The van der Waals surface area contributed by atoms with Crippen LogP contribution in [0.25, 0.3) is 0 Å². The molecule has 10 heavy (non-hydrogen) atoms. The van der Waals surface area contributed by atoms with E-state index in [1.54, 1.807) is 0 Å². The van der Waals surface area contributed by atoms with Crippen LogP contribution in [0, 0.1) is 12.3 Å². The van der Waals surface area contributed by atoms with Gasteiger partial charge < -0.3 is 16.2 Å². The Hall–Kier alpha value is -0.560. The molecular weight excluding hydrogens is 128 g/mol. The van der Waals surface area contributed by atoms with E-state index in [0.29, 0.717) is 13.0 Å². The smallest absolute Gasteiger partial charge is 0.0597 e. The van der Waals surface area contributed by atoms with Gasteiger partial charge in [0.05, 0.1) is 6.61 Å². The number of terminal acetylenes is 1. The number of hydrogen-bond acceptors (Lipinski definition) is 3. The average molecular weight is 142 g/mol. The summed E-state index contributed by atoms with van der Waals surface area (Å²) in [6.45, 7) is 1.24. The Labute approximate surface area is 61.6 Å². The molecule has 0 aromatic rings. The zero-order chi connectivity index (χ0) is 7.82. The van der Waals surface area contributed by atoms with Crippen molar-refractivity contribution in [3.8, 4) is 12.3 Å². The fourth-order valence-corrected chi connectivity index (χ4v) is 0.571. The summed E-state index contributed by atoms with van der Waals surface area (Å²) in [6.07, 6.45) is 5.69. The topological polar surface area (TPSA) is 58.3 Å². The maximum Gasteiger partial charge on any atom is 0.0597 e. The Morgan fingerprint density at radius 1 is 1.70 bits per heavy atom. The monoisotopic (exact) mass is 142 g/mol. The lowest BCUT2D eigenvalue weighted by Gasteiger charge is -2.11. The first-order chi connectivity index (χ1) is 4.85. The summed E-state index contributed by atoms with van der Waals surface area (Å²) < 4.78 is 0. The fraction of sp³-hybridized carbons (Fsp3) is 0.714. The molecule has 0 aliphatic carbocycles.